The molecule has 4 N–H and O–H groups in total. The van der Waals surface area contributed by atoms with Gasteiger partial charge in [-0.25, -0.2) is 4.98 Å². The average Bonchev–Trinajstić information content (AvgIpc) is 2.87. The first-order valence-corrected chi connectivity index (χ1v) is 5.05. The van der Waals surface area contributed by atoms with E-state index in [1.54, 1.807) is 12.5 Å². The van der Waals surface area contributed by atoms with E-state index >= 15 is 0 Å². The second-order valence-corrected chi connectivity index (χ2v) is 3.93. The lowest BCUT2D eigenvalue weighted by Gasteiger charge is -2.15. The SMILES string of the molecule is NC(CN1C[C@@H](O)[C@@H](n2ccnc2)C1)=NO. The highest BCUT2D eigenvalue weighted by Gasteiger charge is 2.32. The Morgan fingerprint density at radius 1 is 1.56 bits per heavy atom. The lowest BCUT2D eigenvalue weighted by Crippen LogP contribution is -2.33. The van der Waals surface area contributed by atoms with E-state index in [1.165, 1.54) is 0 Å². The average molecular weight is 225 g/mol. The Morgan fingerprint density at radius 3 is 3.00 bits per heavy atom. The zero-order valence-corrected chi connectivity index (χ0v) is 8.77. The molecule has 0 aliphatic carbocycles. The van der Waals surface area contributed by atoms with Crippen molar-refractivity contribution in [1.29, 1.82) is 0 Å². The molecule has 7 nitrogen and oxygen atoms in total. The van der Waals surface area contributed by atoms with Crippen molar-refractivity contribution in [3.63, 3.8) is 0 Å². The van der Waals surface area contributed by atoms with Crippen LogP contribution in [0.15, 0.2) is 23.9 Å². The third-order valence-electron chi connectivity index (χ3n) is 2.76. The van der Waals surface area contributed by atoms with Crippen LogP contribution in [0.25, 0.3) is 0 Å². The van der Waals surface area contributed by atoms with Crippen LogP contribution in [0.2, 0.25) is 0 Å². The molecule has 16 heavy (non-hydrogen) atoms. The Kier molecular flexibility index (Phi) is 3.07. The Hall–Kier alpha value is -1.60. The van der Waals surface area contributed by atoms with E-state index in [0.29, 0.717) is 19.6 Å². The van der Waals surface area contributed by atoms with Gasteiger partial charge < -0.3 is 20.6 Å². The van der Waals surface area contributed by atoms with Crippen LogP contribution in [0.1, 0.15) is 6.04 Å². The van der Waals surface area contributed by atoms with E-state index in [0.717, 1.165) is 0 Å². The Bertz CT molecular complexity index is 364. The van der Waals surface area contributed by atoms with Crippen LogP contribution in [0.4, 0.5) is 0 Å². The largest absolute Gasteiger partial charge is 0.409 e. The van der Waals surface area contributed by atoms with Gasteiger partial charge in [-0.15, -0.1) is 0 Å². The number of likely N-dealkylation sites (tertiary alicyclic amines) is 1. The molecular weight excluding hydrogens is 210 g/mol. The van der Waals surface area contributed by atoms with E-state index in [4.69, 9.17) is 10.9 Å². The second kappa shape index (κ2) is 4.50. The fraction of sp³-hybridized carbons (Fsp3) is 0.556. The molecule has 2 atom stereocenters. The molecule has 0 aromatic carbocycles. The summed E-state index contributed by atoms with van der Waals surface area (Å²) in [6.45, 7) is 1.53. The molecular formula is C9H15N5O2. The molecule has 2 heterocycles. The summed E-state index contributed by atoms with van der Waals surface area (Å²) >= 11 is 0. The third-order valence-corrected chi connectivity index (χ3v) is 2.76. The fourth-order valence-electron chi connectivity index (χ4n) is 2.00. The zero-order chi connectivity index (χ0) is 11.5. The number of hydrogen-bond acceptors (Lipinski definition) is 5. The number of nitrogens with zero attached hydrogens (tertiary/aromatic N) is 4. The highest BCUT2D eigenvalue weighted by molar-refractivity contribution is 5.81. The summed E-state index contributed by atoms with van der Waals surface area (Å²) in [5, 5.41) is 21.3. The summed E-state index contributed by atoms with van der Waals surface area (Å²) in [4.78, 5) is 5.88. The van der Waals surface area contributed by atoms with Crippen molar-refractivity contribution < 1.29 is 10.3 Å². The topological polar surface area (TPSA) is 99.9 Å². The molecule has 88 valence electrons. The third kappa shape index (κ3) is 2.15. The van der Waals surface area contributed by atoms with Gasteiger partial charge in [0.15, 0.2) is 5.84 Å². The van der Waals surface area contributed by atoms with Gasteiger partial charge in [0, 0.05) is 25.5 Å². The molecule has 7 heteroatoms. The van der Waals surface area contributed by atoms with E-state index in [2.05, 4.69) is 10.1 Å². The minimum Gasteiger partial charge on any atom is -0.409 e. The Labute approximate surface area is 92.8 Å². The molecule has 1 aliphatic rings. The summed E-state index contributed by atoms with van der Waals surface area (Å²) in [7, 11) is 0. The number of amidine groups is 1. The molecule has 0 radical (unpaired) electrons. The monoisotopic (exact) mass is 225 g/mol. The second-order valence-electron chi connectivity index (χ2n) is 3.93. The maximum absolute atomic E-state index is 9.88. The summed E-state index contributed by atoms with van der Waals surface area (Å²) in [5.41, 5.74) is 5.42. The molecule has 0 unspecified atom stereocenters. The number of rotatable bonds is 3. The first-order chi connectivity index (χ1) is 7.70. The Balaban J connectivity index is 1.99. The zero-order valence-electron chi connectivity index (χ0n) is 8.77. The predicted molar refractivity (Wildman–Crippen MR) is 57.1 cm³/mol. The van der Waals surface area contributed by atoms with Crippen molar-refractivity contribution in [2.24, 2.45) is 10.9 Å². The van der Waals surface area contributed by atoms with Crippen LogP contribution in [0, 0.1) is 0 Å². The summed E-state index contributed by atoms with van der Waals surface area (Å²) in [5.74, 6) is 0.151. The van der Waals surface area contributed by atoms with Crippen LogP contribution in [-0.2, 0) is 0 Å². The number of oxime groups is 1. The maximum atomic E-state index is 9.88. The van der Waals surface area contributed by atoms with Crippen LogP contribution in [0.3, 0.4) is 0 Å². The van der Waals surface area contributed by atoms with Gasteiger partial charge in [-0.2, -0.15) is 0 Å². The van der Waals surface area contributed by atoms with E-state index in [1.807, 2.05) is 15.7 Å². The fourth-order valence-corrected chi connectivity index (χ4v) is 2.00. The van der Waals surface area contributed by atoms with Gasteiger partial charge in [0.25, 0.3) is 0 Å². The van der Waals surface area contributed by atoms with Crippen molar-refractivity contribution in [2.75, 3.05) is 19.6 Å². The predicted octanol–water partition coefficient (Wildman–Crippen LogP) is -1.15. The number of hydrogen-bond donors (Lipinski definition) is 3. The van der Waals surface area contributed by atoms with E-state index < -0.39 is 6.10 Å². The number of β-amino-alcohol motifs (C(OH)–C–C–N with tert-alkyl or cyclic N) is 1. The Morgan fingerprint density at radius 2 is 2.38 bits per heavy atom. The minimum absolute atomic E-state index is 0.0195. The first kappa shape index (κ1) is 10.9. The standard InChI is InChI=1S/C9H15N5O2/c10-9(12-16)5-13-3-7(8(15)4-13)14-2-1-11-6-14/h1-2,6-8,15-16H,3-5H2,(H2,10,12)/t7-,8+/m0/s1. The first-order valence-electron chi connectivity index (χ1n) is 5.05. The number of aliphatic hydroxyl groups excluding tert-OH is 1. The van der Waals surface area contributed by atoms with Crippen LogP contribution in [0.5, 0.6) is 0 Å². The highest BCUT2D eigenvalue weighted by atomic mass is 16.4. The van der Waals surface area contributed by atoms with Crippen molar-refractivity contribution in [1.82, 2.24) is 14.5 Å². The van der Waals surface area contributed by atoms with Crippen molar-refractivity contribution in [3.8, 4) is 0 Å². The van der Waals surface area contributed by atoms with E-state index in [9.17, 15) is 5.11 Å². The quantitative estimate of drug-likeness (QED) is 0.261. The highest BCUT2D eigenvalue weighted by Crippen LogP contribution is 2.21. The van der Waals surface area contributed by atoms with Crippen molar-refractivity contribution in [3.05, 3.63) is 18.7 Å². The summed E-state index contributed by atoms with van der Waals surface area (Å²) < 4.78 is 1.87. The van der Waals surface area contributed by atoms with Crippen LogP contribution < -0.4 is 5.73 Å². The maximum Gasteiger partial charge on any atom is 0.153 e. The minimum atomic E-state index is -0.458. The number of aliphatic hydroxyl groups is 1. The smallest absolute Gasteiger partial charge is 0.153 e. The number of aromatic nitrogens is 2. The van der Waals surface area contributed by atoms with Gasteiger partial charge in [0.1, 0.15) is 0 Å². The van der Waals surface area contributed by atoms with Crippen molar-refractivity contribution in [2.45, 2.75) is 12.1 Å². The normalized spacial score (nSPS) is 27.4. The summed E-state index contributed by atoms with van der Waals surface area (Å²) in [6.07, 6.45) is 4.72. The molecule has 1 fully saturated rings. The molecule has 0 saturated carbocycles. The number of imidazole rings is 1. The molecule has 1 aliphatic heterocycles. The van der Waals surface area contributed by atoms with Gasteiger partial charge >= 0.3 is 0 Å². The molecule has 1 aromatic rings. The van der Waals surface area contributed by atoms with Gasteiger partial charge in [-0.1, -0.05) is 5.16 Å². The molecule has 1 aromatic heterocycles. The van der Waals surface area contributed by atoms with Gasteiger partial charge in [0.2, 0.25) is 0 Å². The lowest BCUT2D eigenvalue weighted by molar-refractivity contribution is 0.145. The number of nitrogens with two attached hydrogens (primary N) is 1. The lowest BCUT2D eigenvalue weighted by atomic mass is 10.2. The molecule has 0 amide bonds. The van der Waals surface area contributed by atoms with Gasteiger partial charge in [-0.3, -0.25) is 4.90 Å². The molecule has 2 rings (SSSR count). The van der Waals surface area contributed by atoms with Crippen molar-refractivity contribution >= 4 is 5.84 Å². The molecule has 0 spiro atoms. The van der Waals surface area contributed by atoms with Crippen LogP contribution >= 0.6 is 0 Å². The van der Waals surface area contributed by atoms with Crippen LogP contribution in [-0.4, -0.2) is 56.3 Å². The summed E-state index contributed by atoms with van der Waals surface area (Å²) in [6, 6.07) is -0.0195. The van der Waals surface area contributed by atoms with E-state index in [-0.39, 0.29) is 11.9 Å². The molecule has 1 saturated heterocycles. The molecule has 0 bridgehead atoms. The van der Waals surface area contributed by atoms with Gasteiger partial charge in [-0.05, 0) is 0 Å². The van der Waals surface area contributed by atoms with Gasteiger partial charge in [0.05, 0.1) is 25.0 Å².